The number of carboxylic acid groups (broad SMARTS) is 1. The number of anilines is 1. The Balaban J connectivity index is 2.29. The standard InChI is InChI=1S/C8H8N4O3/c1-4-7-5(15-12-4)2-9-8(11-7)10-3-6(13)14/h2H,3H2,1H3,(H,13,14)(H,9,10,11). The topological polar surface area (TPSA) is 101 Å². The molecular formula is C8H8N4O3. The normalized spacial score (nSPS) is 10.5. The largest absolute Gasteiger partial charge is 0.480 e. The van der Waals surface area contributed by atoms with Gasteiger partial charge in [0.1, 0.15) is 17.8 Å². The van der Waals surface area contributed by atoms with Crippen LogP contribution < -0.4 is 5.32 Å². The summed E-state index contributed by atoms with van der Waals surface area (Å²) in [5.41, 5.74) is 1.71. The smallest absolute Gasteiger partial charge is 0.322 e. The molecule has 0 fully saturated rings. The average molecular weight is 208 g/mol. The molecule has 2 aromatic rings. The van der Waals surface area contributed by atoms with Crippen molar-refractivity contribution in [2.45, 2.75) is 6.92 Å². The van der Waals surface area contributed by atoms with Crippen molar-refractivity contribution in [2.24, 2.45) is 0 Å². The number of aryl methyl sites for hydroxylation is 1. The van der Waals surface area contributed by atoms with Crippen molar-refractivity contribution in [3.05, 3.63) is 11.9 Å². The zero-order valence-electron chi connectivity index (χ0n) is 7.89. The Bertz CT molecular complexity index is 508. The molecule has 2 heterocycles. The number of nitrogens with one attached hydrogen (secondary N) is 1. The van der Waals surface area contributed by atoms with Crippen LogP contribution in [0.5, 0.6) is 0 Å². The lowest BCUT2D eigenvalue weighted by atomic mass is 10.4. The summed E-state index contributed by atoms with van der Waals surface area (Å²) >= 11 is 0. The zero-order valence-corrected chi connectivity index (χ0v) is 7.89. The molecule has 0 atom stereocenters. The van der Waals surface area contributed by atoms with E-state index in [4.69, 9.17) is 9.63 Å². The Hall–Kier alpha value is -2.18. The van der Waals surface area contributed by atoms with Gasteiger partial charge in [0.05, 0.1) is 6.20 Å². The molecule has 0 bridgehead atoms. The Morgan fingerprint density at radius 2 is 2.47 bits per heavy atom. The second kappa shape index (κ2) is 3.52. The van der Waals surface area contributed by atoms with Crippen LogP contribution in [0.15, 0.2) is 10.7 Å². The van der Waals surface area contributed by atoms with Gasteiger partial charge in [0.25, 0.3) is 0 Å². The highest BCUT2D eigenvalue weighted by Crippen LogP contribution is 2.15. The summed E-state index contributed by atoms with van der Waals surface area (Å²) in [4.78, 5) is 18.2. The van der Waals surface area contributed by atoms with Gasteiger partial charge in [-0.25, -0.2) is 9.97 Å². The van der Waals surface area contributed by atoms with Gasteiger partial charge >= 0.3 is 5.97 Å². The molecule has 7 nitrogen and oxygen atoms in total. The molecule has 0 aliphatic rings. The maximum atomic E-state index is 10.3. The van der Waals surface area contributed by atoms with Crippen LogP contribution in [0.2, 0.25) is 0 Å². The fourth-order valence-electron chi connectivity index (χ4n) is 1.10. The lowest BCUT2D eigenvalue weighted by molar-refractivity contribution is -0.134. The minimum Gasteiger partial charge on any atom is -0.480 e. The highest BCUT2D eigenvalue weighted by molar-refractivity contribution is 5.76. The molecule has 0 unspecified atom stereocenters. The van der Waals surface area contributed by atoms with Gasteiger partial charge in [-0.15, -0.1) is 0 Å². The molecular weight excluding hydrogens is 200 g/mol. The van der Waals surface area contributed by atoms with E-state index >= 15 is 0 Å². The number of carboxylic acids is 1. The third kappa shape index (κ3) is 1.85. The number of carbonyl (C=O) groups is 1. The Kier molecular flexibility index (Phi) is 2.20. The van der Waals surface area contributed by atoms with Crippen molar-refractivity contribution in [1.82, 2.24) is 15.1 Å². The number of aromatic nitrogens is 3. The van der Waals surface area contributed by atoms with E-state index in [1.165, 1.54) is 6.20 Å². The van der Waals surface area contributed by atoms with Crippen molar-refractivity contribution >= 4 is 23.0 Å². The summed E-state index contributed by atoms with van der Waals surface area (Å²) in [6.45, 7) is 1.52. The van der Waals surface area contributed by atoms with E-state index < -0.39 is 5.97 Å². The first-order chi connectivity index (χ1) is 7.16. The third-order valence-electron chi connectivity index (χ3n) is 1.78. The number of aliphatic carboxylic acids is 1. The first-order valence-electron chi connectivity index (χ1n) is 4.21. The van der Waals surface area contributed by atoms with Crippen molar-refractivity contribution in [1.29, 1.82) is 0 Å². The van der Waals surface area contributed by atoms with E-state index in [1.54, 1.807) is 6.92 Å². The van der Waals surface area contributed by atoms with Crippen LogP contribution >= 0.6 is 0 Å². The number of rotatable bonds is 3. The molecule has 0 aliphatic heterocycles. The van der Waals surface area contributed by atoms with Crippen LogP contribution in [0.3, 0.4) is 0 Å². The van der Waals surface area contributed by atoms with Crippen LogP contribution in [-0.4, -0.2) is 32.7 Å². The molecule has 0 saturated heterocycles. The third-order valence-corrected chi connectivity index (χ3v) is 1.78. The Morgan fingerprint density at radius 1 is 1.67 bits per heavy atom. The maximum Gasteiger partial charge on any atom is 0.322 e. The first-order valence-corrected chi connectivity index (χ1v) is 4.21. The van der Waals surface area contributed by atoms with Gasteiger partial charge < -0.3 is 14.9 Å². The van der Waals surface area contributed by atoms with E-state index in [0.29, 0.717) is 16.8 Å². The van der Waals surface area contributed by atoms with Crippen molar-refractivity contribution < 1.29 is 14.4 Å². The summed E-state index contributed by atoms with van der Waals surface area (Å²) in [6, 6.07) is 0. The quantitative estimate of drug-likeness (QED) is 0.753. The van der Waals surface area contributed by atoms with Gasteiger partial charge in [0, 0.05) is 0 Å². The van der Waals surface area contributed by atoms with E-state index in [2.05, 4.69) is 20.4 Å². The van der Waals surface area contributed by atoms with Crippen LogP contribution in [-0.2, 0) is 4.79 Å². The number of fused-ring (bicyclic) bond motifs is 1. The minimum atomic E-state index is -0.972. The number of hydrogen-bond donors (Lipinski definition) is 2. The molecule has 78 valence electrons. The van der Waals surface area contributed by atoms with E-state index in [-0.39, 0.29) is 12.5 Å². The van der Waals surface area contributed by atoms with Gasteiger partial charge in [-0.2, -0.15) is 0 Å². The summed E-state index contributed by atoms with van der Waals surface area (Å²) in [5.74, 6) is -0.725. The summed E-state index contributed by atoms with van der Waals surface area (Å²) < 4.78 is 4.91. The van der Waals surface area contributed by atoms with Gasteiger partial charge in [0.2, 0.25) is 11.5 Å². The molecule has 15 heavy (non-hydrogen) atoms. The van der Waals surface area contributed by atoms with Crippen molar-refractivity contribution in [3.63, 3.8) is 0 Å². The number of hydrogen-bond acceptors (Lipinski definition) is 6. The molecule has 0 spiro atoms. The van der Waals surface area contributed by atoms with E-state index in [1.807, 2.05) is 0 Å². The Morgan fingerprint density at radius 3 is 3.20 bits per heavy atom. The minimum absolute atomic E-state index is 0.226. The van der Waals surface area contributed by atoms with Crippen LogP contribution in [0.25, 0.3) is 11.1 Å². The Labute approximate surface area is 84.1 Å². The van der Waals surface area contributed by atoms with Gasteiger partial charge in [-0.1, -0.05) is 5.16 Å². The van der Waals surface area contributed by atoms with Gasteiger partial charge in [-0.05, 0) is 6.92 Å². The molecule has 0 amide bonds. The highest BCUT2D eigenvalue weighted by Gasteiger charge is 2.07. The zero-order chi connectivity index (χ0) is 10.8. The van der Waals surface area contributed by atoms with E-state index in [0.717, 1.165) is 0 Å². The fourth-order valence-corrected chi connectivity index (χ4v) is 1.10. The molecule has 2 rings (SSSR count). The fraction of sp³-hybridized carbons (Fsp3) is 0.250. The van der Waals surface area contributed by atoms with Crippen molar-refractivity contribution in [2.75, 3.05) is 11.9 Å². The maximum absolute atomic E-state index is 10.3. The molecule has 0 saturated carbocycles. The molecule has 0 aliphatic carbocycles. The molecule has 2 aromatic heterocycles. The SMILES string of the molecule is Cc1noc2cnc(NCC(=O)O)nc12. The number of nitrogens with zero attached hydrogens (tertiary/aromatic N) is 3. The lowest BCUT2D eigenvalue weighted by Gasteiger charge is -1.99. The monoisotopic (exact) mass is 208 g/mol. The van der Waals surface area contributed by atoms with Crippen molar-refractivity contribution in [3.8, 4) is 0 Å². The summed E-state index contributed by atoms with van der Waals surface area (Å²) in [5, 5.41) is 14.7. The predicted molar refractivity (Wildman–Crippen MR) is 50.5 cm³/mol. The molecule has 2 N–H and O–H groups in total. The van der Waals surface area contributed by atoms with Gasteiger partial charge in [-0.3, -0.25) is 4.79 Å². The lowest BCUT2D eigenvalue weighted by Crippen LogP contribution is -2.14. The second-order valence-electron chi connectivity index (χ2n) is 2.92. The summed E-state index contributed by atoms with van der Waals surface area (Å²) in [6.07, 6.45) is 1.45. The highest BCUT2D eigenvalue weighted by atomic mass is 16.5. The van der Waals surface area contributed by atoms with E-state index in [9.17, 15) is 4.79 Å². The first kappa shape index (κ1) is 9.38. The summed E-state index contributed by atoms with van der Waals surface area (Å²) in [7, 11) is 0. The second-order valence-corrected chi connectivity index (χ2v) is 2.92. The van der Waals surface area contributed by atoms with Gasteiger partial charge in [0.15, 0.2) is 0 Å². The molecule has 7 heteroatoms. The molecule has 0 aromatic carbocycles. The molecule has 0 radical (unpaired) electrons. The van der Waals surface area contributed by atoms with Crippen LogP contribution in [0.1, 0.15) is 5.69 Å². The average Bonchev–Trinajstić information content (AvgIpc) is 2.57. The predicted octanol–water partition coefficient (Wildman–Crippen LogP) is 0.423. The van der Waals surface area contributed by atoms with Crippen LogP contribution in [0, 0.1) is 6.92 Å². The van der Waals surface area contributed by atoms with Crippen LogP contribution in [0.4, 0.5) is 5.95 Å².